The summed E-state index contributed by atoms with van der Waals surface area (Å²) in [4.78, 5) is 16.5. The van der Waals surface area contributed by atoms with Crippen LogP contribution in [0, 0.1) is 0 Å². The first-order valence-electron chi connectivity index (χ1n) is 9.34. The van der Waals surface area contributed by atoms with Gasteiger partial charge in [0.25, 0.3) is 5.91 Å². The molecule has 0 saturated carbocycles. The van der Waals surface area contributed by atoms with E-state index in [-0.39, 0.29) is 17.7 Å². The molecule has 1 aliphatic heterocycles. The number of nitrogens with zero attached hydrogens (tertiary/aromatic N) is 4. The van der Waals surface area contributed by atoms with E-state index in [1.165, 1.54) is 0 Å². The zero-order valence-corrected chi connectivity index (χ0v) is 15.8. The molecule has 1 aliphatic rings. The molecule has 30 heavy (non-hydrogen) atoms. The number of fused-ring (bicyclic) bond motifs is 1. The number of para-hydroxylation sites is 2. The van der Waals surface area contributed by atoms with E-state index in [4.69, 9.17) is 14.0 Å². The van der Waals surface area contributed by atoms with Gasteiger partial charge in [-0.05, 0) is 24.3 Å². The van der Waals surface area contributed by atoms with Crippen molar-refractivity contribution in [1.29, 1.82) is 0 Å². The highest BCUT2D eigenvalue weighted by Crippen LogP contribution is 2.31. The van der Waals surface area contributed by atoms with Crippen molar-refractivity contribution in [3.8, 4) is 22.8 Å². The quantitative estimate of drug-likeness (QED) is 0.546. The number of anilines is 1. The number of carbonyl (C=O) groups is 1. The van der Waals surface area contributed by atoms with E-state index in [1.807, 2.05) is 30.3 Å². The van der Waals surface area contributed by atoms with Gasteiger partial charge >= 0.3 is 0 Å². The Kier molecular flexibility index (Phi) is 4.60. The fourth-order valence-electron chi connectivity index (χ4n) is 3.11. The number of nitrogens with one attached hydrogen (secondary N) is 1. The largest absolute Gasteiger partial charge is 0.486 e. The van der Waals surface area contributed by atoms with E-state index in [9.17, 15) is 4.79 Å². The second kappa shape index (κ2) is 7.70. The monoisotopic (exact) mass is 403 g/mol. The summed E-state index contributed by atoms with van der Waals surface area (Å²) in [6, 6.07) is 12.7. The minimum Gasteiger partial charge on any atom is -0.486 e. The highest BCUT2D eigenvalue weighted by molar-refractivity contribution is 6.03. The second-order valence-corrected chi connectivity index (χ2v) is 6.72. The maximum Gasteiger partial charge on any atom is 0.277 e. The van der Waals surface area contributed by atoms with Gasteiger partial charge in [0.1, 0.15) is 6.61 Å². The summed E-state index contributed by atoms with van der Waals surface area (Å²) < 4.78 is 18.6. The van der Waals surface area contributed by atoms with Crippen LogP contribution in [-0.4, -0.2) is 38.5 Å². The van der Waals surface area contributed by atoms with Gasteiger partial charge in [-0.15, -0.1) is 0 Å². The van der Waals surface area contributed by atoms with Crippen LogP contribution in [0.4, 0.5) is 5.69 Å². The van der Waals surface area contributed by atoms with Gasteiger partial charge in [-0.1, -0.05) is 17.3 Å². The molecule has 0 saturated heterocycles. The van der Waals surface area contributed by atoms with Crippen LogP contribution in [-0.2, 0) is 6.54 Å². The van der Waals surface area contributed by atoms with Gasteiger partial charge in [0.2, 0.25) is 0 Å². The molecule has 4 heterocycles. The predicted molar refractivity (Wildman–Crippen MR) is 106 cm³/mol. The Bertz CT molecular complexity index is 1170. The highest BCUT2D eigenvalue weighted by atomic mass is 16.6. The molecule has 9 heteroatoms. The molecule has 0 unspecified atom stereocenters. The van der Waals surface area contributed by atoms with Crippen LogP contribution in [0.1, 0.15) is 10.5 Å². The van der Waals surface area contributed by atoms with Crippen molar-refractivity contribution < 1.29 is 18.8 Å². The number of amides is 1. The molecule has 0 bridgehead atoms. The summed E-state index contributed by atoms with van der Waals surface area (Å²) in [7, 11) is 0. The van der Waals surface area contributed by atoms with Crippen molar-refractivity contribution in [2.75, 3.05) is 11.9 Å². The summed E-state index contributed by atoms with van der Waals surface area (Å²) in [5, 5.41) is 10.9. The maximum absolute atomic E-state index is 12.5. The number of carbonyl (C=O) groups excluding carboxylic acids is 1. The molecular formula is C21H17N5O4. The molecular weight excluding hydrogens is 386 g/mol. The van der Waals surface area contributed by atoms with E-state index in [1.54, 1.807) is 41.6 Å². The van der Waals surface area contributed by atoms with E-state index < -0.39 is 0 Å². The molecule has 1 N–H and O–H groups in total. The number of benzene rings is 1. The lowest BCUT2D eigenvalue weighted by Gasteiger charge is -2.26. The van der Waals surface area contributed by atoms with Gasteiger partial charge < -0.3 is 19.3 Å². The van der Waals surface area contributed by atoms with Gasteiger partial charge in [-0.2, -0.15) is 5.10 Å². The average Bonchev–Trinajstić information content (AvgIpc) is 3.44. The van der Waals surface area contributed by atoms with Crippen molar-refractivity contribution >= 4 is 11.6 Å². The number of aromatic nitrogens is 4. The molecule has 9 nitrogen and oxygen atoms in total. The van der Waals surface area contributed by atoms with Crippen LogP contribution in [0.2, 0.25) is 0 Å². The molecule has 1 atom stereocenters. The molecule has 0 aliphatic carbocycles. The lowest BCUT2D eigenvalue weighted by molar-refractivity contribution is 0.0759. The first kappa shape index (κ1) is 17.9. The van der Waals surface area contributed by atoms with E-state index >= 15 is 0 Å². The van der Waals surface area contributed by atoms with Crippen molar-refractivity contribution in [2.45, 2.75) is 12.6 Å². The fourth-order valence-corrected chi connectivity index (χ4v) is 3.11. The smallest absolute Gasteiger partial charge is 0.277 e. The number of ether oxygens (including phenoxy) is 2. The summed E-state index contributed by atoms with van der Waals surface area (Å²) in [6.45, 7) is 0.911. The summed E-state index contributed by atoms with van der Waals surface area (Å²) in [5.41, 5.74) is 1.46. The molecule has 4 aromatic rings. The summed E-state index contributed by atoms with van der Waals surface area (Å²) >= 11 is 0. The molecule has 0 radical (unpaired) electrons. The van der Waals surface area contributed by atoms with Crippen LogP contribution >= 0.6 is 0 Å². The van der Waals surface area contributed by atoms with Crippen LogP contribution in [0.15, 0.2) is 71.8 Å². The summed E-state index contributed by atoms with van der Waals surface area (Å²) in [6.07, 6.45) is 6.42. The van der Waals surface area contributed by atoms with Gasteiger partial charge in [0.15, 0.2) is 29.1 Å². The molecule has 150 valence electrons. The van der Waals surface area contributed by atoms with Crippen LogP contribution in [0.25, 0.3) is 11.3 Å². The lowest BCUT2D eigenvalue weighted by atomic mass is 10.2. The van der Waals surface area contributed by atoms with Gasteiger partial charge in [0, 0.05) is 30.2 Å². The maximum atomic E-state index is 12.5. The van der Waals surface area contributed by atoms with E-state index in [0.717, 1.165) is 11.3 Å². The molecule has 0 fully saturated rings. The Morgan fingerprint density at radius 3 is 2.93 bits per heavy atom. The Hall–Kier alpha value is -4.14. The zero-order valence-electron chi connectivity index (χ0n) is 15.8. The van der Waals surface area contributed by atoms with Crippen molar-refractivity contribution in [3.63, 3.8) is 0 Å². The number of hydrogen-bond donors (Lipinski definition) is 1. The standard InChI is InChI=1S/C21H17N5O4/c27-21(17-8-20(30-25-17)14-4-3-7-22-9-14)24-15-10-23-26(11-15)12-16-13-28-18-5-1-2-6-19(18)29-16/h1-11,16H,12-13H2,(H,24,27)/t16-/m0/s1. The highest BCUT2D eigenvalue weighted by Gasteiger charge is 2.21. The molecule has 0 spiro atoms. The van der Waals surface area contributed by atoms with Crippen molar-refractivity contribution in [1.82, 2.24) is 19.9 Å². The molecule has 5 rings (SSSR count). The second-order valence-electron chi connectivity index (χ2n) is 6.72. The third-order valence-electron chi connectivity index (χ3n) is 4.54. The molecule has 1 amide bonds. The third kappa shape index (κ3) is 3.72. The first-order valence-corrected chi connectivity index (χ1v) is 9.34. The Morgan fingerprint density at radius 2 is 2.07 bits per heavy atom. The first-order chi connectivity index (χ1) is 14.7. The van der Waals surface area contributed by atoms with Crippen LogP contribution in [0.5, 0.6) is 11.5 Å². The van der Waals surface area contributed by atoms with Crippen LogP contribution in [0.3, 0.4) is 0 Å². The molecule has 3 aromatic heterocycles. The number of pyridine rings is 1. The normalized spacial score (nSPS) is 15.0. The number of hydrogen-bond acceptors (Lipinski definition) is 7. The average molecular weight is 403 g/mol. The number of rotatable bonds is 5. The van der Waals surface area contributed by atoms with Crippen molar-refractivity contribution in [2.24, 2.45) is 0 Å². The lowest BCUT2D eigenvalue weighted by Crippen LogP contribution is -2.33. The van der Waals surface area contributed by atoms with Gasteiger partial charge in [-0.25, -0.2) is 0 Å². The van der Waals surface area contributed by atoms with E-state index in [0.29, 0.717) is 30.3 Å². The van der Waals surface area contributed by atoms with Crippen molar-refractivity contribution in [3.05, 3.63) is 72.9 Å². The fraction of sp³-hybridized carbons (Fsp3) is 0.143. The van der Waals surface area contributed by atoms with E-state index in [2.05, 4.69) is 20.6 Å². The topological polar surface area (TPSA) is 104 Å². The zero-order chi connectivity index (χ0) is 20.3. The SMILES string of the molecule is O=C(Nc1cnn(C[C@H]2COc3ccccc3O2)c1)c1cc(-c2cccnc2)on1. The Balaban J connectivity index is 1.21. The predicted octanol–water partition coefficient (Wildman–Crippen LogP) is 3.03. The van der Waals surface area contributed by atoms with Crippen LogP contribution < -0.4 is 14.8 Å². The Labute approximate surface area is 171 Å². The minimum atomic E-state index is -0.389. The third-order valence-corrected chi connectivity index (χ3v) is 4.54. The Morgan fingerprint density at radius 1 is 1.17 bits per heavy atom. The summed E-state index contributed by atoms with van der Waals surface area (Å²) in [5.74, 6) is 1.53. The van der Waals surface area contributed by atoms with Gasteiger partial charge in [-0.3, -0.25) is 14.5 Å². The van der Waals surface area contributed by atoms with Gasteiger partial charge in [0.05, 0.1) is 18.4 Å². The minimum absolute atomic E-state index is 0.169. The molecule has 1 aromatic carbocycles.